The first-order valence-corrected chi connectivity index (χ1v) is 6.94. The quantitative estimate of drug-likeness (QED) is 0.474. The summed E-state index contributed by atoms with van der Waals surface area (Å²) < 4.78 is 7.12. The number of carbonyl (C=O) groups excluding carboxylic acids is 1. The lowest BCUT2D eigenvalue weighted by Crippen LogP contribution is -2.04. The van der Waals surface area contributed by atoms with Crippen LogP contribution in [0.4, 0.5) is 0 Å². The molecule has 0 saturated carbocycles. The van der Waals surface area contributed by atoms with Crippen LogP contribution in [0.5, 0.6) is 0 Å². The first kappa shape index (κ1) is 14.7. The SMILES string of the molecule is CCCOC(=O)CCCCCCCn1ccnc1. The van der Waals surface area contributed by atoms with E-state index in [0.717, 1.165) is 25.8 Å². The Morgan fingerprint density at radius 1 is 1.22 bits per heavy atom. The number of esters is 1. The van der Waals surface area contributed by atoms with Gasteiger partial charge in [0.2, 0.25) is 0 Å². The predicted octanol–water partition coefficient (Wildman–Crippen LogP) is 3.18. The third kappa shape index (κ3) is 7.09. The van der Waals surface area contributed by atoms with E-state index in [4.69, 9.17) is 4.74 Å². The molecule has 1 aromatic rings. The van der Waals surface area contributed by atoms with Crippen LogP contribution in [0.15, 0.2) is 18.7 Å². The van der Waals surface area contributed by atoms with Gasteiger partial charge in [0.25, 0.3) is 0 Å². The highest BCUT2D eigenvalue weighted by atomic mass is 16.5. The van der Waals surface area contributed by atoms with Gasteiger partial charge in [-0.05, 0) is 19.3 Å². The Morgan fingerprint density at radius 2 is 2.00 bits per heavy atom. The molecule has 102 valence electrons. The summed E-state index contributed by atoms with van der Waals surface area (Å²) in [5.74, 6) is -0.0461. The molecular formula is C14H24N2O2. The van der Waals surface area contributed by atoms with Crippen LogP contribution in [0.2, 0.25) is 0 Å². The third-order valence-corrected chi connectivity index (χ3v) is 2.82. The molecule has 0 aromatic carbocycles. The molecule has 1 aromatic heterocycles. The van der Waals surface area contributed by atoms with Crippen LogP contribution in [0.25, 0.3) is 0 Å². The fourth-order valence-corrected chi connectivity index (χ4v) is 1.80. The highest BCUT2D eigenvalue weighted by Crippen LogP contribution is 2.07. The van der Waals surface area contributed by atoms with Crippen molar-refractivity contribution in [3.8, 4) is 0 Å². The van der Waals surface area contributed by atoms with Crippen LogP contribution in [0, 0.1) is 0 Å². The molecule has 0 aliphatic heterocycles. The lowest BCUT2D eigenvalue weighted by atomic mass is 10.1. The number of imidazole rings is 1. The molecule has 0 atom stereocenters. The minimum Gasteiger partial charge on any atom is -0.466 e. The average Bonchev–Trinajstić information content (AvgIpc) is 2.88. The number of aromatic nitrogens is 2. The molecule has 0 spiro atoms. The molecule has 0 bridgehead atoms. The van der Waals surface area contributed by atoms with Crippen LogP contribution in [-0.2, 0) is 16.1 Å². The van der Waals surface area contributed by atoms with E-state index in [-0.39, 0.29) is 5.97 Å². The summed E-state index contributed by atoms with van der Waals surface area (Å²) in [6, 6.07) is 0. The van der Waals surface area contributed by atoms with Gasteiger partial charge >= 0.3 is 5.97 Å². The summed E-state index contributed by atoms with van der Waals surface area (Å²) >= 11 is 0. The molecular weight excluding hydrogens is 228 g/mol. The molecule has 0 amide bonds. The minimum absolute atomic E-state index is 0.0461. The molecule has 1 heterocycles. The van der Waals surface area contributed by atoms with Crippen molar-refractivity contribution in [3.63, 3.8) is 0 Å². The van der Waals surface area contributed by atoms with Crippen molar-refractivity contribution in [2.45, 2.75) is 58.4 Å². The topological polar surface area (TPSA) is 44.1 Å². The number of ether oxygens (including phenoxy) is 1. The monoisotopic (exact) mass is 252 g/mol. The van der Waals surface area contributed by atoms with E-state index in [0.29, 0.717) is 13.0 Å². The second-order valence-electron chi connectivity index (χ2n) is 4.54. The highest BCUT2D eigenvalue weighted by Gasteiger charge is 2.01. The van der Waals surface area contributed by atoms with Crippen molar-refractivity contribution < 1.29 is 9.53 Å². The van der Waals surface area contributed by atoms with Gasteiger partial charge in [-0.3, -0.25) is 4.79 Å². The second kappa shape index (κ2) is 9.68. The van der Waals surface area contributed by atoms with Gasteiger partial charge in [-0.25, -0.2) is 4.98 Å². The molecule has 0 radical (unpaired) electrons. The maximum atomic E-state index is 11.2. The van der Waals surface area contributed by atoms with Crippen LogP contribution in [0.1, 0.15) is 51.9 Å². The van der Waals surface area contributed by atoms with E-state index < -0.39 is 0 Å². The van der Waals surface area contributed by atoms with Crippen molar-refractivity contribution in [2.75, 3.05) is 6.61 Å². The predicted molar refractivity (Wildman–Crippen MR) is 71.2 cm³/mol. The van der Waals surface area contributed by atoms with Crippen molar-refractivity contribution in [2.24, 2.45) is 0 Å². The first-order valence-electron chi connectivity index (χ1n) is 6.94. The van der Waals surface area contributed by atoms with Gasteiger partial charge in [0, 0.05) is 25.4 Å². The van der Waals surface area contributed by atoms with E-state index in [9.17, 15) is 4.79 Å². The van der Waals surface area contributed by atoms with E-state index in [1.165, 1.54) is 19.3 Å². The van der Waals surface area contributed by atoms with Gasteiger partial charge in [-0.15, -0.1) is 0 Å². The summed E-state index contributed by atoms with van der Waals surface area (Å²) in [7, 11) is 0. The zero-order valence-electron chi connectivity index (χ0n) is 11.3. The zero-order chi connectivity index (χ0) is 13.1. The number of hydrogen-bond acceptors (Lipinski definition) is 3. The third-order valence-electron chi connectivity index (χ3n) is 2.82. The smallest absolute Gasteiger partial charge is 0.305 e. The van der Waals surface area contributed by atoms with Crippen molar-refractivity contribution >= 4 is 5.97 Å². The van der Waals surface area contributed by atoms with Crippen molar-refractivity contribution in [1.82, 2.24) is 9.55 Å². The second-order valence-corrected chi connectivity index (χ2v) is 4.54. The lowest BCUT2D eigenvalue weighted by molar-refractivity contribution is -0.143. The number of carbonyl (C=O) groups is 1. The maximum Gasteiger partial charge on any atom is 0.305 e. The maximum absolute atomic E-state index is 11.2. The molecule has 1 rings (SSSR count). The molecule has 0 aliphatic carbocycles. The van der Waals surface area contributed by atoms with E-state index in [2.05, 4.69) is 9.55 Å². The Labute approximate surface area is 109 Å². The average molecular weight is 252 g/mol. The number of hydrogen-bond donors (Lipinski definition) is 0. The van der Waals surface area contributed by atoms with Gasteiger partial charge in [0.05, 0.1) is 12.9 Å². The van der Waals surface area contributed by atoms with E-state index in [1.54, 1.807) is 0 Å². The Balaban J connectivity index is 1.85. The molecule has 4 heteroatoms. The van der Waals surface area contributed by atoms with Crippen LogP contribution in [-0.4, -0.2) is 22.1 Å². The number of aryl methyl sites for hydroxylation is 1. The first-order chi connectivity index (χ1) is 8.83. The summed E-state index contributed by atoms with van der Waals surface area (Å²) in [6.45, 7) is 3.61. The number of rotatable bonds is 10. The summed E-state index contributed by atoms with van der Waals surface area (Å²) in [4.78, 5) is 15.2. The summed E-state index contributed by atoms with van der Waals surface area (Å²) in [6.07, 6.45) is 12.8. The van der Waals surface area contributed by atoms with Crippen LogP contribution < -0.4 is 0 Å². The molecule has 4 nitrogen and oxygen atoms in total. The number of nitrogens with zero attached hydrogens (tertiary/aromatic N) is 2. The Kier molecular flexibility index (Phi) is 7.93. The van der Waals surface area contributed by atoms with Gasteiger partial charge in [0.1, 0.15) is 0 Å². The molecule has 0 unspecified atom stereocenters. The van der Waals surface area contributed by atoms with E-state index in [1.807, 2.05) is 25.6 Å². The van der Waals surface area contributed by atoms with Crippen molar-refractivity contribution in [3.05, 3.63) is 18.7 Å². The minimum atomic E-state index is -0.0461. The molecule has 0 N–H and O–H groups in total. The number of unbranched alkanes of at least 4 members (excludes halogenated alkanes) is 4. The fraction of sp³-hybridized carbons (Fsp3) is 0.714. The Hall–Kier alpha value is -1.32. The molecule has 0 fully saturated rings. The highest BCUT2D eigenvalue weighted by molar-refractivity contribution is 5.69. The molecule has 0 aliphatic rings. The van der Waals surface area contributed by atoms with Gasteiger partial charge < -0.3 is 9.30 Å². The molecule has 0 saturated heterocycles. The van der Waals surface area contributed by atoms with Crippen LogP contribution in [0.3, 0.4) is 0 Å². The Bertz CT molecular complexity index is 310. The van der Waals surface area contributed by atoms with Gasteiger partial charge in [-0.2, -0.15) is 0 Å². The molecule has 18 heavy (non-hydrogen) atoms. The fourth-order valence-electron chi connectivity index (χ4n) is 1.80. The largest absolute Gasteiger partial charge is 0.466 e. The standard InChI is InChI=1S/C14H24N2O2/c1-2-12-18-14(17)8-6-4-3-5-7-10-16-11-9-15-13-16/h9,11,13H,2-8,10,12H2,1H3. The zero-order valence-corrected chi connectivity index (χ0v) is 11.3. The summed E-state index contributed by atoms with van der Waals surface area (Å²) in [5.41, 5.74) is 0. The van der Waals surface area contributed by atoms with E-state index >= 15 is 0 Å². The lowest BCUT2D eigenvalue weighted by Gasteiger charge is -2.04. The van der Waals surface area contributed by atoms with Gasteiger partial charge in [0.15, 0.2) is 0 Å². The van der Waals surface area contributed by atoms with Crippen molar-refractivity contribution in [1.29, 1.82) is 0 Å². The van der Waals surface area contributed by atoms with Gasteiger partial charge in [-0.1, -0.05) is 26.2 Å². The summed E-state index contributed by atoms with van der Waals surface area (Å²) in [5, 5.41) is 0. The van der Waals surface area contributed by atoms with Crippen LogP contribution >= 0.6 is 0 Å². The Morgan fingerprint density at radius 3 is 2.72 bits per heavy atom. The normalized spacial score (nSPS) is 10.5.